The fourth-order valence-electron chi connectivity index (χ4n) is 1.93. The normalized spacial score (nSPS) is 16.7. The summed E-state index contributed by atoms with van der Waals surface area (Å²) in [5, 5.41) is 4.12. The molecule has 1 aliphatic rings. The summed E-state index contributed by atoms with van der Waals surface area (Å²) in [4.78, 5) is 2.36. The van der Waals surface area contributed by atoms with Gasteiger partial charge in [0.2, 0.25) is 0 Å². The van der Waals surface area contributed by atoms with Crippen molar-refractivity contribution in [3.8, 4) is 0 Å². The molecule has 2 rings (SSSR count). The molecule has 1 aliphatic heterocycles. The molecular weight excluding hydrogens is 208 g/mol. The first kappa shape index (κ1) is 10.9. The molecule has 0 bridgehead atoms. The van der Waals surface area contributed by atoms with E-state index in [1.165, 1.54) is 25.2 Å². The quantitative estimate of drug-likeness (QED) is 0.842. The lowest BCUT2D eigenvalue weighted by molar-refractivity contribution is 0.218. The lowest BCUT2D eigenvalue weighted by Gasteiger charge is -2.31. The van der Waals surface area contributed by atoms with Crippen molar-refractivity contribution >= 4 is 11.6 Å². The van der Waals surface area contributed by atoms with Crippen molar-refractivity contribution in [1.29, 1.82) is 0 Å². The highest BCUT2D eigenvalue weighted by atomic mass is 35.5. The topological polar surface area (TPSA) is 15.3 Å². The number of benzene rings is 1. The molecule has 15 heavy (non-hydrogen) atoms. The predicted molar refractivity (Wildman–Crippen MR) is 64.1 cm³/mol. The smallest absolute Gasteiger partial charge is 0.0409 e. The molecule has 1 heterocycles. The van der Waals surface area contributed by atoms with Crippen molar-refractivity contribution in [3.05, 3.63) is 34.9 Å². The summed E-state index contributed by atoms with van der Waals surface area (Å²) < 4.78 is 0. The Balaban J connectivity index is 1.84. The van der Waals surface area contributed by atoms with Gasteiger partial charge in [0.15, 0.2) is 0 Å². The zero-order chi connectivity index (χ0) is 10.7. The van der Waals surface area contributed by atoms with Crippen LogP contribution in [0.4, 0.5) is 0 Å². The Morgan fingerprint density at radius 3 is 2.87 bits per heavy atom. The molecule has 0 aliphatic carbocycles. The first-order chi connectivity index (χ1) is 7.24. The molecule has 0 spiro atoms. The lowest BCUT2D eigenvalue weighted by Crippen LogP contribution is -2.47. The third-order valence-electron chi connectivity index (χ3n) is 2.78. The molecule has 2 nitrogen and oxygen atoms in total. The molecule has 1 N–H and O–H groups in total. The van der Waals surface area contributed by atoms with E-state index in [1.54, 1.807) is 0 Å². The molecule has 1 aromatic carbocycles. The molecular formula is C12H17ClN2. The zero-order valence-corrected chi connectivity index (χ0v) is 9.80. The van der Waals surface area contributed by atoms with Gasteiger partial charge in [-0.3, -0.25) is 0 Å². The van der Waals surface area contributed by atoms with Gasteiger partial charge in [0.25, 0.3) is 0 Å². The SMILES string of the molecule is CN(Cc1cccc(Cl)c1)CC1CNC1. The number of rotatable bonds is 4. The third-order valence-corrected chi connectivity index (χ3v) is 3.01. The van der Waals surface area contributed by atoms with Crippen LogP contribution in [0.2, 0.25) is 5.02 Å². The van der Waals surface area contributed by atoms with E-state index in [9.17, 15) is 0 Å². The highest BCUT2D eigenvalue weighted by molar-refractivity contribution is 6.30. The van der Waals surface area contributed by atoms with Crippen LogP contribution in [-0.4, -0.2) is 31.6 Å². The summed E-state index contributed by atoms with van der Waals surface area (Å²) in [7, 11) is 2.17. The van der Waals surface area contributed by atoms with E-state index in [0.717, 1.165) is 17.5 Å². The lowest BCUT2D eigenvalue weighted by atomic mass is 10.0. The summed E-state index contributed by atoms with van der Waals surface area (Å²) in [6, 6.07) is 8.09. The van der Waals surface area contributed by atoms with E-state index in [0.29, 0.717) is 0 Å². The van der Waals surface area contributed by atoms with Crippen molar-refractivity contribution in [3.63, 3.8) is 0 Å². The van der Waals surface area contributed by atoms with Crippen LogP contribution < -0.4 is 5.32 Å². The predicted octanol–water partition coefficient (Wildman–Crippen LogP) is 1.99. The van der Waals surface area contributed by atoms with Gasteiger partial charge >= 0.3 is 0 Å². The van der Waals surface area contributed by atoms with Crippen molar-refractivity contribution in [1.82, 2.24) is 10.2 Å². The average molecular weight is 225 g/mol. The van der Waals surface area contributed by atoms with Gasteiger partial charge in [0.05, 0.1) is 0 Å². The van der Waals surface area contributed by atoms with E-state index in [4.69, 9.17) is 11.6 Å². The fourth-order valence-corrected chi connectivity index (χ4v) is 2.14. The van der Waals surface area contributed by atoms with Crippen LogP contribution in [0.5, 0.6) is 0 Å². The van der Waals surface area contributed by atoms with Gasteiger partial charge in [-0.1, -0.05) is 23.7 Å². The molecule has 1 fully saturated rings. The summed E-state index contributed by atoms with van der Waals surface area (Å²) in [5.74, 6) is 0.828. The Hall–Kier alpha value is -0.570. The molecule has 1 aromatic rings. The van der Waals surface area contributed by atoms with Crippen LogP contribution >= 0.6 is 11.6 Å². The minimum Gasteiger partial charge on any atom is -0.316 e. The summed E-state index contributed by atoms with van der Waals surface area (Å²) in [6.07, 6.45) is 0. The Kier molecular flexibility index (Phi) is 3.62. The maximum absolute atomic E-state index is 5.94. The highest BCUT2D eigenvalue weighted by Gasteiger charge is 2.18. The molecule has 0 amide bonds. The number of hydrogen-bond acceptors (Lipinski definition) is 2. The Bertz CT molecular complexity index is 323. The average Bonchev–Trinajstić information content (AvgIpc) is 2.11. The second kappa shape index (κ2) is 4.97. The Morgan fingerprint density at radius 2 is 2.27 bits per heavy atom. The Labute approximate surface area is 96.2 Å². The molecule has 0 atom stereocenters. The molecule has 0 saturated carbocycles. The van der Waals surface area contributed by atoms with Gasteiger partial charge < -0.3 is 10.2 Å². The maximum atomic E-state index is 5.94. The number of halogens is 1. The monoisotopic (exact) mass is 224 g/mol. The van der Waals surface area contributed by atoms with E-state index >= 15 is 0 Å². The van der Waals surface area contributed by atoms with Crippen molar-refractivity contribution in [2.75, 3.05) is 26.7 Å². The van der Waals surface area contributed by atoms with Gasteiger partial charge in [-0.25, -0.2) is 0 Å². The number of hydrogen-bond donors (Lipinski definition) is 1. The van der Waals surface area contributed by atoms with E-state index in [2.05, 4.69) is 23.3 Å². The summed E-state index contributed by atoms with van der Waals surface area (Å²) in [6.45, 7) is 4.48. The van der Waals surface area contributed by atoms with Gasteiger partial charge in [-0.2, -0.15) is 0 Å². The molecule has 0 unspecified atom stereocenters. The minimum atomic E-state index is 0.825. The minimum absolute atomic E-state index is 0.825. The van der Waals surface area contributed by atoms with Crippen LogP contribution in [0.15, 0.2) is 24.3 Å². The van der Waals surface area contributed by atoms with Crippen LogP contribution in [0, 0.1) is 5.92 Å². The highest BCUT2D eigenvalue weighted by Crippen LogP contribution is 2.13. The van der Waals surface area contributed by atoms with E-state index in [1.807, 2.05) is 18.2 Å². The van der Waals surface area contributed by atoms with Crippen LogP contribution in [0.3, 0.4) is 0 Å². The maximum Gasteiger partial charge on any atom is 0.0409 e. The Morgan fingerprint density at radius 1 is 1.47 bits per heavy atom. The van der Waals surface area contributed by atoms with E-state index in [-0.39, 0.29) is 0 Å². The summed E-state index contributed by atoms with van der Waals surface area (Å²) in [5.41, 5.74) is 1.29. The van der Waals surface area contributed by atoms with Gasteiger partial charge in [0.1, 0.15) is 0 Å². The zero-order valence-electron chi connectivity index (χ0n) is 9.04. The second-order valence-corrected chi connectivity index (χ2v) is 4.79. The third kappa shape index (κ3) is 3.20. The van der Waals surface area contributed by atoms with Crippen molar-refractivity contribution < 1.29 is 0 Å². The molecule has 1 saturated heterocycles. The molecule has 0 aromatic heterocycles. The standard InChI is InChI=1S/C12H17ClN2/c1-15(9-11-6-14-7-11)8-10-3-2-4-12(13)5-10/h2-5,11,14H,6-9H2,1H3. The van der Waals surface area contributed by atoms with Gasteiger partial charge in [-0.15, -0.1) is 0 Å². The molecule has 82 valence electrons. The number of nitrogens with zero attached hydrogens (tertiary/aromatic N) is 1. The van der Waals surface area contributed by atoms with Crippen LogP contribution in [0.25, 0.3) is 0 Å². The van der Waals surface area contributed by atoms with Crippen LogP contribution in [0.1, 0.15) is 5.56 Å². The first-order valence-corrected chi connectivity index (χ1v) is 5.75. The van der Waals surface area contributed by atoms with Crippen molar-refractivity contribution in [2.24, 2.45) is 5.92 Å². The fraction of sp³-hybridized carbons (Fsp3) is 0.500. The largest absolute Gasteiger partial charge is 0.316 e. The van der Waals surface area contributed by atoms with E-state index < -0.39 is 0 Å². The van der Waals surface area contributed by atoms with Gasteiger partial charge in [0, 0.05) is 31.2 Å². The van der Waals surface area contributed by atoms with Crippen LogP contribution in [-0.2, 0) is 6.54 Å². The summed E-state index contributed by atoms with van der Waals surface area (Å²) >= 11 is 5.94. The first-order valence-electron chi connectivity index (χ1n) is 5.38. The van der Waals surface area contributed by atoms with Crippen molar-refractivity contribution in [2.45, 2.75) is 6.54 Å². The van der Waals surface area contributed by atoms with Gasteiger partial charge in [-0.05, 0) is 30.7 Å². The molecule has 0 radical (unpaired) electrons. The second-order valence-electron chi connectivity index (χ2n) is 4.35. The molecule has 3 heteroatoms. The number of nitrogens with one attached hydrogen (secondary N) is 1.